The second-order valence-electron chi connectivity index (χ2n) is 2.37. The van der Waals surface area contributed by atoms with Gasteiger partial charge in [-0.25, -0.2) is 4.57 Å². The minimum atomic E-state index is -3.46. The van der Waals surface area contributed by atoms with Crippen molar-refractivity contribution in [2.75, 3.05) is 19.7 Å². The largest absolute Gasteiger partial charge is 0.495 e. The number of rotatable bonds is 5. The summed E-state index contributed by atoms with van der Waals surface area (Å²) in [5.41, 5.74) is 3.14. The van der Waals surface area contributed by atoms with Gasteiger partial charge in [-0.3, -0.25) is 14.5 Å². The molecule has 0 heterocycles. The highest BCUT2D eigenvalue weighted by atomic mass is 31.2. The van der Waals surface area contributed by atoms with Gasteiger partial charge in [0.15, 0.2) is 0 Å². The van der Waals surface area contributed by atoms with Crippen LogP contribution in [0.5, 0.6) is 0 Å². The molecule has 0 atom stereocenters. The minimum absolute atomic E-state index is 0.668. The number of phosphoric acid groups is 1. The standard InChI is InChI=1S/C8H12NO4P/c1-11-14(10,12-2)13-9-8-6-4-3-5-7-8/h3-7,9H,1-2H3. The summed E-state index contributed by atoms with van der Waals surface area (Å²) in [5, 5.41) is 0. The van der Waals surface area contributed by atoms with Crippen molar-refractivity contribution in [2.45, 2.75) is 0 Å². The first kappa shape index (κ1) is 11.2. The third-order valence-electron chi connectivity index (χ3n) is 1.50. The van der Waals surface area contributed by atoms with Crippen LogP contribution < -0.4 is 5.48 Å². The van der Waals surface area contributed by atoms with Gasteiger partial charge < -0.3 is 0 Å². The molecule has 0 amide bonds. The van der Waals surface area contributed by atoms with Crippen LogP contribution in [-0.4, -0.2) is 14.2 Å². The maximum Gasteiger partial charge on any atom is 0.495 e. The summed E-state index contributed by atoms with van der Waals surface area (Å²) in [7, 11) is -0.964. The maximum absolute atomic E-state index is 11.4. The lowest BCUT2D eigenvalue weighted by Gasteiger charge is -2.13. The summed E-state index contributed by atoms with van der Waals surface area (Å²) >= 11 is 0. The minimum Gasteiger partial charge on any atom is -0.289 e. The van der Waals surface area contributed by atoms with Gasteiger partial charge in [0.25, 0.3) is 0 Å². The lowest BCUT2D eigenvalue weighted by molar-refractivity contribution is 0.176. The fourth-order valence-electron chi connectivity index (χ4n) is 0.764. The van der Waals surface area contributed by atoms with E-state index in [1.54, 1.807) is 12.1 Å². The molecule has 1 rings (SSSR count). The fourth-order valence-corrected chi connectivity index (χ4v) is 1.28. The molecule has 0 bridgehead atoms. The third-order valence-corrected chi connectivity index (χ3v) is 2.71. The molecule has 1 aromatic carbocycles. The number of hydrogen-bond acceptors (Lipinski definition) is 5. The van der Waals surface area contributed by atoms with Crippen molar-refractivity contribution in [1.82, 2.24) is 0 Å². The van der Waals surface area contributed by atoms with E-state index in [4.69, 9.17) is 4.62 Å². The van der Waals surface area contributed by atoms with E-state index in [2.05, 4.69) is 14.5 Å². The van der Waals surface area contributed by atoms with Gasteiger partial charge in [-0.1, -0.05) is 18.2 Å². The molecule has 0 fully saturated rings. The molecule has 1 N–H and O–H groups in total. The van der Waals surface area contributed by atoms with E-state index >= 15 is 0 Å². The highest BCUT2D eigenvalue weighted by molar-refractivity contribution is 7.48. The Hall–Kier alpha value is -0.870. The molecule has 0 aromatic heterocycles. The van der Waals surface area contributed by atoms with E-state index in [0.29, 0.717) is 5.69 Å². The van der Waals surface area contributed by atoms with Crippen molar-refractivity contribution in [3.63, 3.8) is 0 Å². The summed E-state index contributed by atoms with van der Waals surface area (Å²) in [6.45, 7) is 0. The number of phosphoric ester groups is 1. The molecule has 0 aliphatic heterocycles. The summed E-state index contributed by atoms with van der Waals surface area (Å²) < 4.78 is 25.3. The van der Waals surface area contributed by atoms with Gasteiger partial charge >= 0.3 is 7.82 Å². The van der Waals surface area contributed by atoms with Crippen molar-refractivity contribution in [3.8, 4) is 0 Å². The van der Waals surface area contributed by atoms with Crippen LogP contribution in [0.4, 0.5) is 5.69 Å². The lowest BCUT2D eigenvalue weighted by Crippen LogP contribution is -2.01. The summed E-state index contributed by atoms with van der Waals surface area (Å²) in [5.74, 6) is 0. The number of benzene rings is 1. The van der Waals surface area contributed by atoms with Crippen molar-refractivity contribution < 1.29 is 18.2 Å². The van der Waals surface area contributed by atoms with Crippen molar-refractivity contribution in [2.24, 2.45) is 0 Å². The van der Waals surface area contributed by atoms with E-state index in [9.17, 15) is 4.57 Å². The van der Waals surface area contributed by atoms with Crippen LogP contribution >= 0.6 is 7.82 Å². The quantitative estimate of drug-likeness (QED) is 0.606. The Balaban J connectivity index is 2.52. The molecule has 14 heavy (non-hydrogen) atoms. The van der Waals surface area contributed by atoms with E-state index in [1.165, 1.54) is 14.2 Å². The van der Waals surface area contributed by atoms with Gasteiger partial charge in [0.1, 0.15) is 0 Å². The zero-order valence-electron chi connectivity index (χ0n) is 7.97. The maximum atomic E-state index is 11.4. The summed E-state index contributed by atoms with van der Waals surface area (Å²) in [6.07, 6.45) is 0. The number of para-hydroxylation sites is 1. The van der Waals surface area contributed by atoms with Crippen LogP contribution in [0.2, 0.25) is 0 Å². The first-order valence-corrected chi connectivity index (χ1v) is 5.37. The molecule has 0 radical (unpaired) electrons. The second kappa shape index (κ2) is 5.12. The van der Waals surface area contributed by atoms with Crippen LogP contribution in [-0.2, 0) is 18.2 Å². The molecule has 78 valence electrons. The molecular formula is C8H12NO4P. The van der Waals surface area contributed by atoms with E-state index < -0.39 is 7.82 Å². The molecule has 0 spiro atoms. The molecule has 6 heteroatoms. The number of anilines is 1. The zero-order chi connectivity index (χ0) is 10.4. The van der Waals surface area contributed by atoms with Crippen LogP contribution in [0.15, 0.2) is 30.3 Å². The first-order chi connectivity index (χ1) is 6.70. The van der Waals surface area contributed by atoms with E-state index in [-0.39, 0.29) is 0 Å². The van der Waals surface area contributed by atoms with Gasteiger partial charge in [0.05, 0.1) is 5.69 Å². The van der Waals surface area contributed by atoms with Crippen LogP contribution in [0.1, 0.15) is 0 Å². The monoisotopic (exact) mass is 217 g/mol. The molecular weight excluding hydrogens is 205 g/mol. The van der Waals surface area contributed by atoms with Gasteiger partial charge in [-0.2, -0.15) is 4.62 Å². The Morgan fingerprint density at radius 3 is 2.21 bits per heavy atom. The third kappa shape index (κ3) is 3.12. The van der Waals surface area contributed by atoms with Crippen LogP contribution in [0.3, 0.4) is 0 Å². The summed E-state index contributed by atoms with van der Waals surface area (Å²) in [6, 6.07) is 9.01. The van der Waals surface area contributed by atoms with Gasteiger partial charge in [-0.05, 0) is 12.1 Å². The predicted octanol–water partition coefficient (Wildman–Crippen LogP) is 2.43. The van der Waals surface area contributed by atoms with Crippen molar-refractivity contribution in [3.05, 3.63) is 30.3 Å². The molecule has 1 aromatic rings. The van der Waals surface area contributed by atoms with Crippen molar-refractivity contribution >= 4 is 13.5 Å². The highest BCUT2D eigenvalue weighted by Crippen LogP contribution is 2.47. The number of nitrogens with one attached hydrogen (secondary N) is 1. The normalized spacial score (nSPS) is 11.3. The Morgan fingerprint density at radius 1 is 1.14 bits per heavy atom. The Morgan fingerprint density at radius 2 is 1.71 bits per heavy atom. The van der Waals surface area contributed by atoms with Gasteiger partial charge in [0, 0.05) is 14.2 Å². The molecule has 0 saturated heterocycles. The highest BCUT2D eigenvalue weighted by Gasteiger charge is 2.23. The van der Waals surface area contributed by atoms with Gasteiger partial charge in [-0.15, -0.1) is 0 Å². The topological polar surface area (TPSA) is 56.8 Å². The average Bonchev–Trinajstić information content (AvgIpc) is 2.27. The van der Waals surface area contributed by atoms with Gasteiger partial charge in [0.2, 0.25) is 0 Å². The molecule has 0 aliphatic carbocycles. The molecule has 5 nitrogen and oxygen atoms in total. The zero-order valence-corrected chi connectivity index (χ0v) is 8.86. The van der Waals surface area contributed by atoms with Crippen molar-refractivity contribution in [1.29, 1.82) is 0 Å². The average molecular weight is 217 g/mol. The number of hydrogen-bond donors (Lipinski definition) is 1. The second-order valence-corrected chi connectivity index (χ2v) is 4.18. The molecule has 0 saturated carbocycles. The van der Waals surface area contributed by atoms with E-state index in [0.717, 1.165) is 0 Å². The molecule has 0 aliphatic rings. The van der Waals surface area contributed by atoms with Crippen LogP contribution in [0.25, 0.3) is 0 Å². The SMILES string of the molecule is COP(=O)(OC)ONc1ccccc1. The molecule has 0 unspecified atom stereocenters. The Bertz CT molecular complexity index is 308. The Labute approximate surface area is 82.6 Å². The predicted molar refractivity (Wildman–Crippen MR) is 52.8 cm³/mol. The van der Waals surface area contributed by atoms with Crippen LogP contribution in [0, 0.1) is 0 Å². The Kier molecular flexibility index (Phi) is 4.10. The first-order valence-electron chi connectivity index (χ1n) is 3.91. The smallest absolute Gasteiger partial charge is 0.289 e. The fraction of sp³-hybridized carbons (Fsp3) is 0.250. The van der Waals surface area contributed by atoms with E-state index in [1.807, 2.05) is 18.2 Å². The summed E-state index contributed by atoms with van der Waals surface area (Å²) in [4.78, 5) is 0. The lowest BCUT2D eigenvalue weighted by atomic mass is 10.3.